The Morgan fingerprint density at radius 2 is 2.19 bits per heavy atom. The van der Waals surface area contributed by atoms with E-state index in [0.717, 1.165) is 43.1 Å². The second kappa shape index (κ2) is 5.79. The van der Waals surface area contributed by atoms with E-state index in [1.54, 1.807) is 0 Å². The third-order valence-corrected chi connectivity index (χ3v) is 4.61. The summed E-state index contributed by atoms with van der Waals surface area (Å²) < 4.78 is 5.78. The van der Waals surface area contributed by atoms with Crippen LogP contribution in [0.2, 0.25) is 0 Å². The number of fused-ring (bicyclic) bond motifs is 1. The maximum absolute atomic E-state index is 12.8. The molecule has 1 saturated carbocycles. The molecule has 0 aromatic carbocycles. The van der Waals surface area contributed by atoms with E-state index < -0.39 is 0 Å². The Balaban J connectivity index is 1.77. The summed E-state index contributed by atoms with van der Waals surface area (Å²) in [5.41, 5.74) is 2.62. The van der Waals surface area contributed by atoms with Gasteiger partial charge in [-0.05, 0) is 33.1 Å². The Labute approximate surface area is 126 Å². The third kappa shape index (κ3) is 2.98. The van der Waals surface area contributed by atoms with Crippen LogP contribution in [-0.4, -0.2) is 40.2 Å². The Morgan fingerprint density at radius 1 is 1.43 bits per heavy atom. The molecule has 116 valence electrons. The number of hydrogen-bond acceptors (Lipinski definition) is 3. The van der Waals surface area contributed by atoms with Crippen molar-refractivity contribution in [3.05, 3.63) is 17.0 Å². The minimum atomic E-state index is -0.0145. The molecule has 1 aromatic heterocycles. The van der Waals surface area contributed by atoms with Gasteiger partial charge in [0.1, 0.15) is 0 Å². The molecule has 2 atom stereocenters. The first-order valence-electron chi connectivity index (χ1n) is 8.12. The molecule has 2 aliphatic rings. The Hall–Kier alpha value is -1.36. The van der Waals surface area contributed by atoms with Crippen molar-refractivity contribution in [1.29, 1.82) is 0 Å². The highest BCUT2D eigenvalue weighted by Gasteiger charge is 2.31. The summed E-state index contributed by atoms with van der Waals surface area (Å²) in [6.07, 6.45) is 4.67. The zero-order valence-electron chi connectivity index (χ0n) is 13.2. The van der Waals surface area contributed by atoms with Gasteiger partial charge in [-0.3, -0.25) is 9.89 Å². The zero-order valence-corrected chi connectivity index (χ0v) is 13.2. The molecule has 1 fully saturated rings. The van der Waals surface area contributed by atoms with Gasteiger partial charge in [-0.2, -0.15) is 5.10 Å². The quantitative estimate of drug-likeness (QED) is 0.907. The molecule has 1 aliphatic heterocycles. The Morgan fingerprint density at radius 3 is 2.86 bits per heavy atom. The first-order valence-corrected chi connectivity index (χ1v) is 8.12. The van der Waals surface area contributed by atoms with Gasteiger partial charge >= 0.3 is 0 Å². The maximum atomic E-state index is 12.8. The van der Waals surface area contributed by atoms with Crippen LogP contribution in [0.1, 0.15) is 67.9 Å². The summed E-state index contributed by atoms with van der Waals surface area (Å²) >= 11 is 0. The van der Waals surface area contributed by atoms with Crippen LogP contribution in [0.15, 0.2) is 0 Å². The van der Waals surface area contributed by atoms with E-state index >= 15 is 0 Å². The predicted molar refractivity (Wildman–Crippen MR) is 80.2 cm³/mol. The molecular formula is C16H25N3O2. The lowest BCUT2D eigenvalue weighted by molar-refractivity contribution is -0.00701. The van der Waals surface area contributed by atoms with E-state index in [9.17, 15) is 4.79 Å². The van der Waals surface area contributed by atoms with Crippen LogP contribution in [-0.2, 0) is 11.2 Å². The smallest absolute Gasteiger partial charge is 0.274 e. The highest BCUT2D eigenvalue weighted by atomic mass is 16.5. The van der Waals surface area contributed by atoms with Gasteiger partial charge in [0.05, 0.1) is 17.9 Å². The van der Waals surface area contributed by atoms with Gasteiger partial charge in [0.15, 0.2) is 5.69 Å². The van der Waals surface area contributed by atoms with E-state index in [1.807, 2.05) is 25.7 Å². The van der Waals surface area contributed by atoms with Crippen molar-refractivity contribution in [3.8, 4) is 0 Å². The number of carbonyl (C=O) groups excluding carboxylic acids is 1. The first-order chi connectivity index (χ1) is 10.1. The summed E-state index contributed by atoms with van der Waals surface area (Å²) in [6, 6.07) is 0. The monoisotopic (exact) mass is 291 g/mol. The summed E-state index contributed by atoms with van der Waals surface area (Å²) in [6.45, 7) is 7.69. The SMILES string of the molecule is CCN(CCC1CC1)C(=O)c1n[nH]c2c1C[C@H](C)O[C@@H]2C. The summed E-state index contributed by atoms with van der Waals surface area (Å²) in [7, 11) is 0. The highest BCUT2D eigenvalue weighted by molar-refractivity contribution is 5.94. The van der Waals surface area contributed by atoms with Gasteiger partial charge in [-0.1, -0.05) is 12.8 Å². The summed E-state index contributed by atoms with van der Waals surface area (Å²) in [5, 5.41) is 7.31. The van der Waals surface area contributed by atoms with Crippen LogP contribution < -0.4 is 0 Å². The molecule has 1 aromatic rings. The van der Waals surface area contributed by atoms with E-state index in [-0.39, 0.29) is 18.1 Å². The fourth-order valence-corrected chi connectivity index (χ4v) is 3.15. The molecule has 0 spiro atoms. The molecule has 1 N–H and O–H groups in total. The molecule has 0 radical (unpaired) electrons. The number of carbonyl (C=O) groups is 1. The third-order valence-electron chi connectivity index (χ3n) is 4.61. The van der Waals surface area contributed by atoms with Gasteiger partial charge in [-0.25, -0.2) is 0 Å². The molecule has 0 unspecified atom stereocenters. The number of hydrogen-bond donors (Lipinski definition) is 1. The molecule has 5 heteroatoms. The second-order valence-corrected chi connectivity index (χ2v) is 6.37. The normalized spacial score (nSPS) is 24.7. The van der Waals surface area contributed by atoms with Crippen molar-refractivity contribution < 1.29 is 9.53 Å². The lowest BCUT2D eigenvalue weighted by Gasteiger charge is -2.26. The van der Waals surface area contributed by atoms with E-state index in [0.29, 0.717) is 5.69 Å². The van der Waals surface area contributed by atoms with Crippen LogP contribution in [0.4, 0.5) is 0 Å². The van der Waals surface area contributed by atoms with Gasteiger partial charge in [-0.15, -0.1) is 0 Å². The Kier molecular flexibility index (Phi) is 4.02. The minimum Gasteiger partial charge on any atom is -0.369 e. The standard InChI is InChI=1S/C16H25N3O2/c1-4-19(8-7-12-5-6-12)16(20)15-13-9-10(2)21-11(3)14(13)17-18-15/h10-12H,4-9H2,1-3H3,(H,17,18)/t10-,11+/m0/s1. The molecular weight excluding hydrogens is 266 g/mol. The average Bonchev–Trinajstić information content (AvgIpc) is 3.17. The molecule has 0 bridgehead atoms. The van der Waals surface area contributed by atoms with E-state index in [4.69, 9.17) is 4.74 Å². The van der Waals surface area contributed by atoms with Gasteiger partial charge in [0.25, 0.3) is 5.91 Å². The van der Waals surface area contributed by atoms with E-state index in [1.165, 1.54) is 12.8 Å². The second-order valence-electron chi connectivity index (χ2n) is 6.37. The maximum Gasteiger partial charge on any atom is 0.274 e. The number of rotatable bonds is 5. The number of aromatic amines is 1. The zero-order chi connectivity index (χ0) is 15.0. The molecule has 1 aliphatic carbocycles. The van der Waals surface area contributed by atoms with Crippen LogP contribution >= 0.6 is 0 Å². The largest absolute Gasteiger partial charge is 0.369 e. The lowest BCUT2D eigenvalue weighted by atomic mass is 9.99. The number of ether oxygens (including phenoxy) is 1. The number of nitrogens with one attached hydrogen (secondary N) is 1. The number of H-pyrrole nitrogens is 1. The van der Waals surface area contributed by atoms with Gasteiger partial charge in [0.2, 0.25) is 0 Å². The number of aromatic nitrogens is 2. The van der Waals surface area contributed by atoms with Gasteiger partial charge in [0, 0.05) is 25.1 Å². The highest BCUT2D eigenvalue weighted by Crippen LogP contribution is 2.33. The minimum absolute atomic E-state index is 0.0145. The fourth-order valence-electron chi connectivity index (χ4n) is 3.15. The van der Waals surface area contributed by atoms with Crippen LogP contribution in [0.3, 0.4) is 0 Å². The molecule has 2 heterocycles. The topological polar surface area (TPSA) is 58.2 Å². The molecule has 3 rings (SSSR count). The first kappa shape index (κ1) is 14.6. The molecule has 21 heavy (non-hydrogen) atoms. The molecule has 5 nitrogen and oxygen atoms in total. The number of amides is 1. The van der Waals surface area contributed by atoms with Crippen molar-refractivity contribution in [2.45, 2.75) is 58.7 Å². The van der Waals surface area contributed by atoms with Crippen LogP contribution in [0.25, 0.3) is 0 Å². The Bertz CT molecular complexity index is 522. The molecule has 0 saturated heterocycles. The lowest BCUT2D eigenvalue weighted by Crippen LogP contribution is -2.33. The number of nitrogens with zero attached hydrogens (tertiary/aromatic N) is 2. The van der Waals surface area contributed by atoms with Crippen LogP contribution in [0.5, 0.6) is 0 Å². The van der Waals surface area contributed by atoms with Crippen molar-refractivity contribution in [3.63, 3.8) is 0 Å². The average molecular weight is 291 g/mol. The summed E-state index contributed by atoms with van der Waals surface area (Å²) in [4.78, 5) is 14.7. The van der Waals surface area contributed by atoms with Crippen molar-refractivity contribution in [1.82, 2.24) is 15.1 Å². The van der Waals surface area contributed by atoms with Crippen molar-refractivity contribution in [2.24, 2.45) is 5.92 Å². The predicted octanol–water partition coefficient (Wildman–Crippen LogP) is 2.69. The van der Waals surface area contributed by atoms with Crippen molar-refractivity contribution in [2.75, 3.05) is 13.1 Å². The fraction of sp³-hybridized carbons (Fsp3) is 0.750. The van der Waals surface area contributed by atoms with Gasteiger partial charge < -0.3 is 9.64 Å². The summed E-state index contributed by atoms with van der Waals surface area (Å²) in [5.74, 6) is 0.908. The van der Waals surface area contributed by atoms with E-state index in [2.05, 4.69) is 10.2 Å². The van der Waals surface area contributed by atoms with Crippen LogP contribution in [0, 0.1) is 5.92 Å². The van der Waals surface area contributed by atoms with Crippen molar-refractivity contribution >= 4 is 5.91 Å². The molecule has 1 amide bonds.